The molecule has 1 N–H and O–H groups in total. The Morgan fingerprint density at radius 3 is 2.58 bits per heavy atom. The van der Waals surface area contributed by atoms with Gasteiger partial charge in [0.15, 0.2) is 0 Å². The summed E-state index contributed by atoms with van der Waals surface area (Å²) in [6.07, 6.45) is 2.86. The second-order valence-corrected chi connectivity index (χ2v) is 6.68. The summed E-state index contributed by atoms with van der Waals surface area (Å²) in [4.78, 5) is 0. The van der Waals surface area contributed by atoms with E-state index in [0.717, 1.165) is 24.5 Å². The van der Waals surface area contributed by atoms with Crippen LogP contribution in [0.2, 0.25) is 0 Å². The van der Waals surface area contributed by atoms with Gasteiger partial charge in [0.25, 0.3) is 0 Å². The normalized spacial score (nSPS) is 14.4. The Morgan fingerprint density at radius 1 is 1.26 bits per heavy atom. The zero-order chi connectivity index (χ0) is 14.3. The second kappa shape index (κ2) is 8.33. The Kier molecular flexibility index (Phi) is 7.10. The molecule has 0 saturated carbocycles. The summed E-state index contributed by atoms with van der Waals surface area (Å²) in [5.41, 5.74) is 1.17. The Bertz CT molecular complexity index is 407. The van der Waals surface area contributed by atoms with Crippen LogP contribution >= 0.6 is 0 Å². The molecule has 0 heterocycles. The van der Waals surface area contributed by atoms with Crippen LogP contribution in [0.5, 0.6) is 5.75 Å². The average molecular weight is 283 g/mol. The van der Waals surface area contributed by atoms with Gasteiger partial charge in [0.05, 0.1) is 6.10 Å². The van der Waals surface area contributed by atoms with E-state index in [1.807, 2.05) is 32.0 Å². The molecule has 1 aromatic rings. The second-order valence-electron chi connectivity index (χ2n) is 5.12. The molecule has 0 aliphatic heterocycles. The van der Waals surface area contributed by atoms with Gasteiger partial charge in [0.1, 0.15) is 5.75 Å². The number of ether oxygens (including phenoxy) is 1. The smallest absolute Gasteiger partial charge is 0.124 e. The third kappa shape index (κ3) is 6.73. The molecule has 0 amide bonds. The standard InChI is InChI=1S/C15H25NO2S/c1-12(2)18-15-8-6-5-7-14(15)11-16-13(3)9-10-19(4)17/h5-8,12-13,16H,9-11H2,1-4H3. The van der Waals surface area contributed by atoms with E-state index in [1.165, 1.54) is 5.56 Å². The molecule has 0 aliphatic rings. The largest absolute Gasteiger partial charge is 0.491 e. The fourth-order valence-electron chi connectivity index (χ4n) is 1.75. The molecule has 1 rings (SSSR count). The number of rotatable bonds is 8. The van der Waals surface area contributed by atoms with Crippen molar-refractivity contribution in [2.45, 2.75) is 45.9 Å². The van der Waals surface area contributed by atoms with Gasteiger partial charge in [-0.3, -0.25) is 4.21 Å². The highest BCUT2D eigenvalue weighted by molar-refractivity contribution is 7.84. The van der Waals surface area contributed by atoms with Gasteiger partial charge in [-0.25, -0.2) is 0 Å². The molecule has 108 valence electrons. The summed E-state index contributed by atoms with van der Waals surface area (Å²) in [5.74, 6) is 1.69. The minimum absolute atomic E-state index is 0.182. The lowest BCUT2D eigenvalue weighted by molar-refractivity contribution is 0.239. The van der Waals surface area contributed by atoms with Crippen molar-refractivity contribution in [3.63, 3.8) is 0 Å². The number of benzene rings is 1. The molecule has 1 aromatic carbocycles. The van der Waals surface area contributed by atoms with E-state index in [-0.39, 0.29) is 6.10 Å². The number of hydrogen-bond acceptors (Lipinski definition) is 3. The van der Waals surface area contributed by atoms with Crippen LogP contribution < -0.4 is 10.1 Å². The first-order valence-electron chi connectivity index (χ1n) is 6.77. The third-order valence-electron chi connectivity index (χ3n) is 2.81. The zero-order valence-electron chi connectivity index (χ0n) is 12.3. The van der Waals surface area contributed by atoms with Crippen LogP contribution in [0, 0.1) is 0 Å². The van der Waals surface area contributed by atoms with E-state index in [0.29, 0.717) is 6.04 Å². The van der Waals surface area contributed by atoms with Crippen molar-refractivity contribution in [2.24, 2.45) is 0 Å². The van der Waals surface area contributed by atoms with Crippen molar-refractivity contribution in [3.05, 3.63) is 29.8 Å². The maximum Gasteiger partial charge on any atom is 0.124 e. The van der Waals surface area contributed by atoms with E-state index in [2.05, 4.69) is 18.3 Å². The molecule has 2 unspecified atom stereocenters. The molecule has 19 heavy (non-hydrogen) atoms. The molecular formula is C15H25NO2S. The molecular weight excluding hydrogens is 258 g/mol. The van der Waals surface area contributed by atoms with Crippen molar-refractivity contribution in [3.8, 4) is 5.75 Å². The van der Waals surface area contributed by atoms with Gasteiger partial charge in [0.2, 0.25) is 0 Å². The molecule has 3 nitrogen and oxygen atoms in total. The third-order valence-corrected chi connectivity index (χ3v) is 3.63. The first kappa shape index (κ1) is 16.2. The van der Waals surface area contributed by atoms with Crippen molar-refractivity contribution in [1.82, 2.24) is 5.32 Å². The van der Waals surface area contributed by atoms with E-state index in [9.17, 15) is 4.21 Å². The summed E-state index contributed by atoms with van der Waals surface area (Å²) >= 11 is 0. The first-order valence-corrected chi connectivity index (χ1v) is 8.49. The van der Waals surface area contributed by atoms with Gasteiger partial charge in [0, 0.05) is 41.0 Å². The van der Waals surface area contributed by atoms with Crippen LogP contribution in [0.4, 0.5) is 0 Å². The average Bonchev–Trinajstić information content (AvgIpc) is 2.34. The monoisotopic (exact) mass is 283 g/mol. The van der Waals surface area contributed by atoms with Crippen molar-refractivity contribution in [1.29, 1.82) is 0 Å². The van der Waals surface area contributed by atoms with Crippen LogP contribution in [0.3, 0.4) is 0 Å². The van der Waals surface area contributed by atoms with Gasteiger partial charge in [-0.05, 0) is 33.3 Å². The van der Waals surface area contributed by atoms with Gasteiger partial charge < -0.3 is 10.1 Å². The fraction of sp³-hybridized carbons (Fsp3) is 0.600. The minimum atomic E-state index is -0.711. The predicted molar refractivity (Wildman–Crippen MR) is 82.1 cm³/mol. The molecule has 2 atom stereocenters. The summed E-state index contributed by atoms with van der Waals surface area (Å²) in [7, 11) is -0.711. The van der Waals surface area contributed by atoms with Crippen molar-refractivity contribution >= 4 is 10.8 Å². The zero-order valence-corrected chi connectivity index (χ0v) is 13.1. The van der Waals surface area contributed by atoms with Crippen LogP contribution in [-0.2, 0) is 17.3 Å². The van der Waals surface area contributed by atoms with Crippen LogP contribution in [0.15, 0.2) is 24.3 Å². The van der Waals surface area contributed by atoms with Gasteiger partial charge in [-0.1, -0.05) is 18.2 Å². The Balaban J connectivity index is 2.50. The molecule has 0 radical (unpaired) electrons. The highest BCUT2D eigenvalue weighted by atomic mass is 32.2. The molecule has 0 aromatic heterocycles. The lowest BCUT2D eigenvalue weighted by Gasteiger charge is -2.17. The maximum atomic E-state index is 11.1. The predicted octanol–water partition coefficient (Wildman–Crippen LogP) is 2.72. The van der Waals surface area contributed by atoms with Gasteiger partial charge in [-0.15, -0.1) is 0 Å². The van der Waals surface area contributed by atoms with E-state index >= 15 is 0 Å². The molecule has 0 bridgehead atoms. The minimum Gasteiger partial charge on any atom is -0.491 e. The summed E-state index contributed by atoms with van der Waals surface area (Å²) in [6, 6.07) is 8.45. The molecule has 0 fully saturated rings. The number of hydrogen-bond donors (Lipinski definition) is 1. The van der Waals surface area contributed by atoms with Crippen molar-refractivity contribution < 1.29 is 8.95 Å². The van der Waals surface area contributed by atoms with Crippen LogP contribution in [-0.4, -0.2) is 28.4 Å². The Morgan fingerprint density at radius 2 is 1.95 bits per heavy atom. The number of para-hydroxylation sites is 1. The maximum absolute atomic E-state index is 11.1. The Labute approximate surface area is 119 Å². The summed E-state index contributed by atoms with van der Waals surface area (Å²) in [6.45, 7) is 6.96. The van der Waals surface area contributed by atoms with Crippen LogP contribution in [0.25, 0.3) is 0 Å². The number of nitrogens with one attached hydrogen (secondary N) is 1. The quantitative estimate of drug-likeness (QED) is 0.797. The van der Waals surface area contributed by atoms with E-state index < -0.39 is 10.8 Å². The molecule has 0 saturated heterocycles. The topological polar surface area (TPSA) is 38.3 Å². The van der Waals surface area contributed by atoms with Gasteiger partial charge >= 0.3 is 0 Å². The Hall–Kier alpha value is -0.870. The van der Waals surface area contributed by atoms with Gasteiger partial charge in [-0.2, -0.15) is 0 Å². The molecule has 4 heteroatoms. The highest BCUT2D eigenvalue weighted by Gasteiger charge is 2.07. The fourth-order valence-corrected chi connectivity index (χ4v) is 2.43. The summed E-state index contributed by atoms with van der Waals surface area (Å²) < 4.78 is 16.8. The summed E-state index contributed by atoms with van der Waals surface area (Å²) in [5, 5.41) is 3.45. The molecule has 0 aliphatic carbocycles. The van der Waals surface area contributed by atoms with E-state index in [4.69, 9.17) is 4.74 Å². The van der Waals surface area contributed by atoms with E-state index in [1.54, 1.807) is 6.26 Å². The first-order chi connectivity index (χ1) is 8.99. The van der Waals surface area contributed by atoms with Crippen molar-refractivity contribution in [2.75, 3.05) is 12.0 Å². The SMILES string of the molecule is CC(CCS(C)=O)NCc1ccccc1OC(C)C. The van der Waals surface area contributed by atoms with Crippen LogP contribution in [0.1, 0.15) is 32.8 Å². The molecule has 0 spiro atoms. The highest BCUT2D eigenvalue weighted by Crippen LogP contribution is 2.19. The lowest BCUT2D eigenvalue weighted by Crippen LogP contribution is -2.27. The lowest BCUT2D eigenvalue weighted by atomic mass is 10.1.